The van der Waals surface area contributed by atoms with Crippen molar-refractivity contribution in [2.75, 3.05) is 18.4 Å². The van der Waals surface area contributed by atoms with E-state index in [1.54, 1.807) is 0 Å². The van der Waals surface area contributed by atoms with Crippen LogP contribution in [-0.2, 0) is 11.3 Å². The minimum Gasteiger partial charge on any atom is -0.326 e. The lowest BCUT2D eigenvalue weighted by molar-refractivity contribution is -0.121. The van der Waals surface area contributed by atoms with Crippen molar-refractivity contribution in [2.24, 2.45) is 5.92 Å². The Morgan fingerprint density at radius 2 is 1.88 bits per heavy atom. The molecule has 5 nitrogen and oxygen atoms in total. The van der Waals surface area contributed by atoms with Crippen molar-refractivity contribution in [1.29, 1.82) is 0 Å². The molecule has 1 aromatic carbocycles. The fraction of sp³-hybridized carbons (Fsp3) is 0.300. The van der Waals surface area contributed by atoms with Crippen LogP contribution in [0.3, 0.4) is 0 Å². The number of benzene rings is 1. The zero-order valence-electron chi connectivity index (χ0n) is 14.4. The van der Waals surface area contributed by atoms with Gasteiger partial charge >= 0.3 is 0 Å². The van der Waals surface area contributed by atoms with Crippen molar-refractivity contribution >= 4 is 33.2 Å². The monoisotopic (exact) mass is 412 g/mol. The molecule has 3 aromatic rings. The van der Waals surface area contributed by atoms with Gasteiger partial charge in [0.1, 0.15) is 5.65 Å². The van der Waals surface area contributed by atoms with E-state index in [2.05, 4.69) is 37.3 Å². The Morgan fingerprint density at radius 3 is 2.65 bits per heavy atom. The number of rotatable bonds is 4. The van der Waals surface area contributed by atoms with Crippen LogP contribution in [0, 0.1) is 5.92 Å². The number of aromatic nitrogens is 2. The molecule has 0 unspecified atom stereocenters. The molecule has 1 aliphatic rings. The van der Waals surface area contributed by atoms with E-state index in [0.29, 0.717) is 0 Å². The van der Waals surface area contributed by atoms with E-state index in [4.69, 9.17) is 0 Å². The van der Waals surface area contributed by atoms with Gasteiger partial charge in [-0.3, -0.25) is 9.69 Å². The van der Waals surface area contributed by atoms with E-state index in [1.165, 1.54) is 0 Å². The summed E-state index contributed by atoms with van der Waals surface area (Å²) in [5, 5.41) is 3.02. The summed E-state index contributed by atoms with van der Waals surface area (Å²) in [6.45, 7) is 2.67. The van der Waals surface area contributed by atoms with Gasteiger partial charge in [-0.15, -0.1) is 0 Å². The van der Waals surface area contributed by atoms with Crippen molar-refractivity contribution in [2.45, 2.75) is 19.4 Å². The third kappa shape index (κ3) is 3.97. The second-order valence-electron chi connectivity index (χ2n) is 6.75. The predicted octanol–water partition coefficient (Wildman–Crippen LogP) is 3.95. The van der Waals surface area contributed by atoms with E-state index in [0.717, 1.165) is 54.0 Å². The first-order valence-corrected chi connectivity index (χ1v) is 9.68. The van der Waals surface area contributed by atoms with Crippen molar-refractivity contribution in [3.05, 3.63) is 65.0 Å². The topological polar surface area (TPSA) is 49.6 Å². The summed E-state index contributed by atoms with van der Waals surface area (Å²) in [6.07, 6.45) is 5.87. The van der Waals surface area contributed by atoms with Crippen molar-refractivity contribution < 1.29 is 4.79 Å². The number of carbonyl (C=O) groups is 1. The second-order valence-corrected chi connectivity index (χ2v) is 7.67. The van der Waals surface area contributed by atoms with E-state index in [-0.39, 0.29) is 11.8 Å². The molecule has 1 amide bonds. The third-order valence-electron chi connectivity index (χ3n) is 4.85. The number of para-hydroxylation sites is 1. The van der Waals surface area contributed by atoms with Crippen molar-refractivity contribution in [3.8, 4) is 0 Å². The fourth-order valence-electron chi connectivity index (χ4n) is 3.44. The molecular weight excluding hydrogens is 392 g/mol. The highest BCUT2D eigenvalue weighted by molar-refractivity contribution is 9.10. The number of halogens is 1. The second kappa shape index (κ2) is 7.60. The van der Waals surface area contributed by atoms with Gasteiger partial charge in [0, 0.05) is 35.0 Å². The number of pyridine rings is 1. The highest BCUT2D eigenvalue weighted by atomic mass is 79.9. The van der Waals surface area contributed by atoms with Crippen LogP contribution in [0.2, 0.25) is 0 Å². The summed E-state index contributed by atoms with van der Waals surface area (Å²) in [7, 11) is 0. The number of likely N-dealkylation sites (tertiary alicyclic amines) is 1. The van der Waals surface area contributed by atoms with Crippen LogP contribution >= 0.6 is 15.9 Å². The molecule has 1 saturated heterocycles. The van der Waals surface area contributed by atoms with Gasteiger partial charge in [-0.1, -0.05) is 18.2 Å². The zero-order chi connectivity index (χ0) is 17.9. The molecule has 0 spiro atoms. The lowest BCUT2D eigenvalue weighted by Gasteiger charge is -2.30. The number of carbonyl (C=O) groups excluding carboxylic acids is 1. The number of piperidine rings is 1. The molecule has 0 saturated carbocycles. The number of imidazole rings is 1. The summed E-state index contributed by atoms with van der Waals surface area (Å²) >= 11 is 3.49. The number of nitrogens with zero attached hydrogens (tertiary/aromatic N) is 3. The quantitative estimate of drug-likeness (QED) is 0.705. The molecule has 0 atom stereocenters. The third-order valence-corrected chi connectivity index (χ3v) is 5.32. The van der Waals surface area contributed by atoms with Gasteiger partial charge in [0.15, 0.2) is 0 Å². The molecule has 134 valence electrons. The highest BCUT2D eigenvalue weighted by Crippen LogP contribution is 2.21. The molecule has 3 heterocycles. The normalized spacial score (nSPS) is 16.0. The molecule has 1 aliphatic heterocycles. The summed E-state index contributed by atoms with van der Waals surface area (Å²) in [5.41, 5.74) is 2.89. The molecule has 0 aliphatic carbocycles. The first-order chi connectivity index (χ1) is 12.7. The molecule has 0 radical (unpaired) electrons. The zero-order valence-corrected chi connectivity index (χ0v) is 16.0. The lowest BCUT2D eigenvalue weighted by atomic mass is 9.95. The molecule has 26 heavy (non-hydrogen) atoms. The standard InChI is InChI=1S/C20H21BrN4O/c21-16-6-7-19-22-18(14-25(19)12-16)13-24-10-8-15(9-11-24)20(26)23-17-4-2-1-3-5-17/h1-7,12,14-15H,8-11,13H2,(H,23,26). The van der Waals surface area contributed by atoms with Crippen LogP contribution < -0.4 is 5.32 Å². The van der Waals surface area contributed by atoms with Gasteiger partial charge in [-0.2, -0.15) is 0 Å². The first-order valence-electron chi connectivity index (χ1n) is 8.89. The molecule has 6 heteroatoms. The Balaban J connectivity index is 1.32. The van der Waals surface area contributed by atoms with E-state index >= 15 is 0 Å². The van der Waals surface area contributed by atoms with E-state index in [9.17, 15) is 4.79 Å². The molecule has 1 fully saturated rings. The van der Waals surface area contributed by atoms with Gasteiger partial charge in [0.2, 0.25) is 5.91 Å². The summed E-state index contributed by atoms with van der Waals surface area (Å²) in [6, 6.07) is 13.7. The maximum atomic E-state index is 12.4. The largest absolute Gasteiger partial charge is 0.326 e. The lowest BCUT2D eigenvalue weighted by Crippen LogP contribution is -2.37. The number of amides is 1. The van der Waals surface area contributed by atoms with Crippen LogP contribution in [-0.4, -0.2) is 33.3 Å². The average molecular weight is 413 g/mol. The van der Waals surface area contributed by atoms with Gasteiger partial charge in [-0.05, 0) is 66.1 Å². The summed E-state index contributed by atoms with van der Waals surface area (Å²) < 4.78 is 3.08. The predicted molar refractivity (Wildman–Crippen MR) is 106 cm³/mol. The Labute approximate surface area is 161 Å². The molecular formula is C20H21BrN4O. The fourth-order valence-corrected chi connectivity index (χ4v) is 3.79. The van der Waals surface area contributed by atoms with Gasteiger partial charge in [-0.25, -0.2) is 4.98 Å². The Kier molecular flexibility index (Phi) is 5.04. The maximum Gasteiger partial charge on any atom is 0.227 e. The van der Waals surface area contributed by atoms with Gasteiger partial charge in [0.25, 0.3) is 0 Å². The summed E-state index contributed by atoms with van der Waals surface area (Å²) in [4.78, 5) is 19.5. The summed E-state index contributed by atoms with van der Waals surface area (Å²) in [5.74, 6) is 0.219. The number of hydrogen-bond donors (Lipinski definition) is 1. The average Bonchev–Trinajstić information content (AvgIpc) is 3.04. The number of nitrogens with one attached hydrogen (secondary N) is 1. The maximum absolute atomic E-state index is 12.4. The number of hydrogen-bond acceptors (Lipinski definition) is 3. The minimum atomic E-state index is 0.0866. The SMILES string of the molecule is O=C(Nc1ccccc1)C1CCN(Cc2cn3cc(Br)ccc3n2)CC1. The van der Waals surface area contributed by atoms with Crippen molar-refractivity contribution in [1.82, 2.24) is 14.3 Å². The molecule has 2 aromatic heterocycles. The van der Waals surface area contributed by atoms with Crippen LogP contribution in [0.25, 0.3) is 5.65 Å². The first kappa shape index (κ1) is 17.2. The van der Waals surface area contributed by atoms with Crippen LogP contribution in [0.1, 0.15) is 18.5 Å². The van der Waals surface area contributed by atoms with Crippen molar-refractivity contribution in [3.63, 3.8) is 0 Å². The van der Waals surface area contributed by atoms with E-state index < -0.39 is 0 Å². The minimum absolute atomic E-state index is 0.0866. The Morgan fingerprint density at radius 1 is 1.12 bits per heavy atom. The van der Waals surface area contributed by atoms with Gasteiger partial charge in [0.05, 0.1) is 5.69 Å². The smallest absolute Gasteiger partial charge is 0.227 e. The van der Waals surface area contributed by atoms with Gasteiger partial charge < -0.3 is 9.72 Å². The van der Waals surface area contributed by atoms with Crippen LogP contribution in [0.4, 0.5) is 5.69 Å². The Bertz CT molecular complexity index is 901. The molecule has 1 N–H and O–H groups in total. The molecule has 0 bridgehead atoms. The number of anilines is 1. The van der Waals surface area contributed by atoms with Crippen LogP contribution in [0.5, 0.6) is 0 Å². The van der Waals surface area contributed by atoms with E-state index in [1.807, 2.05) is 53.1 Å². The Hall–Kier alpha value is -2.18. The number of fused-ring (bicyclic) bond motifs is 1. The highest BCUT2D eigenvalue weighted by Gasteiger charge is 2.25. The van der Waals surface area contributed by atoms with Crippen LogP contribution in [0.15, 0.2) is 59.3 Å². The molecule has 4 rings (SSSR count).